The highest BCUT2D eigenvalue weighted by atomic mass is 19.4. The fourth-order valence-corrected chi connectivity index (χ4v) is 4.04. The second-order valence-electron chi connectivity index (χ2n) is 7.93. The second-order valence-corrected chi connectivity index (χ2v) is 7.93. The van der Waals surface area contributed by atoms with Crippen LogP contribution in [0.3, 0.4) is 0 Å². The van der Waals surface area contributed by atoms with Crippen LogP contribution in [0.2, 0.25) is 0 Å². The fourth-order valence-electron chi connectivity index (χ4n) is 4.04. The zero-order chi connectivity index (χ0) is 24.0. The lowest BCUT2D eigenvalue weighted by molar-refractivity contribution is -0.137. The van der Waals surface area contributed by atoms with Gasteiger partial charge in [0.2, 0.25) is 0 Å². The Morgan fingerprint density at radius 1 is 1.03 bits per heavy atom. The predicted molar refractivity (Wildman–Crippen MR) is 117 cm³/mol. The minimum Gasteiger partial charge on any atom is -0.332 e. The molecule has 0 spiro atoms. The molecule has 1 aromatic carbocycles. The first kappa shape index (κ1) is 21.7. The molecule has 1 saturated heterocycles. The summed E-state index contributed by atoms with van der Waals surface area (Å²) in [6.45, 7) is 3.48. The van der Waals surface area contributed by atoms with Crippen molar-refractivity contribution in [2.75, 3.05) is 13.1 Å². The summed E-state index contributed by atoms with van der Waals surface area (Å²) in [6, 6.07) is 9.92. The maximum absolute atomic E-state index is 13.3. The zero-order valence-electron chi connectivity index (χ0n) is 17.6. The number of likely N-dealkylation sites (tertiary alicyclic amines) is 1. The van der Waals surface area contributed by atoms with Crippen molar-refractivity contribution in [2.45, 2.75) is 12.2 Å². The summed E-state index contributed by atoms with van der Waals surface area (Å²) >= 11 is 0. The lowest BCUT2D eigenvalue weighted by Gasteiger charge is -2.39. The van der Waals surface area contributed by atoms with E-state index in [9.17, 15) is 22.4 Å². The topological polar surface area (TPSA) is 63.9 Å². The third-order valence-electron chi connectivity index (χ3n) is 5.77. The third kappa shape index (κ3) is 3.70. The van der Waals surface area contributed by atoms with Crippen molar-refractivity contribution in [2.24, 2.45) is 0 Å². The summed E-state index contributed by atoms with van der Waals surface area (Å²) < 4.78 is 54.1. The molecule has 0 radical (unpaired) electrons. The molecule has 0 aliphatic carbocycles. The van der Waals surface area contributed by atoms with E-state index >= 15 is 0 Å². The Kier molecular flexibility index (Phi) is 5.15. The van der Waals surface area contributed by atoms with Gasteiger partial charge in [-0.05, 0) is 24.3 Å². The van der Waals surface area contributed by atoms with E-state index in [2.05, 4.69) is 16.5 Å². The second kappa shape index (κ2) is 8.05. The molecule has 4 heterocycles. The highest BCUT2D eigenvalue weighted by Crippen LogP contribution is 2.38. The lowest BCUT2D eigenvalue weighted by atomic mass is 10.0. The van der Waals surface area contributed by atoms with Crippen LogP contribution in [-0.4, -0.2) is 43.6 Å². The van der Waals surface area contributed by atoms with E-state index < -0.39 is 23.5 Å². The van der Waals surface area contributed by atoms with E-state index in [1.807, 2.05) is 6.07 Å². The van der Waals surface area contributed by atoms with Gasteiger partial charge in [-0.15, -0.1) is 0 Å². The Labute approximate surface area is 191 Å². The standard InChI is InChI=1S/C24H17F4N5O/c1-14(25)23(34)32-12-18(13-32)33-22-19(16-3-2-9-29-11-16)8-10-30-21(22)20(31-33)15-4-6-17(7-5-15)24(26,27)28/h2-11,18H,1,12-13H2. The molecule has 10 heteroatoms. The molecular formula is C24H17F4N5O. The predicted octanol–water partition coefficient (Wildman–Crippen LogP) is 5.05. The molecule has 0 N–H and O–H groups in total. The first-order valence-electron chi connectivity index (χ1n) is 10.3. The maximum Gasteiger partial charge on any atom is 0.416 e. The number of alkyl halides is 3. The van der Waals surface area contributed by atoms with Crippen molar-refractivity contribution in [1.29, 1.82) is 0 Å². The van der Waals surface area contributed by atoms with Gasteiger partial charge in [-0.25, -0.2) is 4.39 Å². The van der Waals surface area contributed by atoms with Crippen molar-refractivity contribution in [3.05, 3.63) is 79.0 Å². The number of carbonyl (C=O) groups excluding carboxylic acids is 1. The number of benzene rings is 1. The van der Waals surface area contributed by atoms with E-state index in [-0.39, 0.29) is 19.1 Å². The first-order valence-corrected chi connectivity index (χ1v) is 10.3. The van der Waals surface area contributed by atoms with Gasteiger partial charge in [0, 0.05) is 48.4 Å². The molecule has 4 aromatic rings. The summed E-state index contributed by atoms with van der Waals surface area (Å²) in [4.78, 5) is 21.9. The monoisotopic (exact) mass is 467 g/mol. The van der Waals surface area contributed by atoms with Crippen molar-refractivity contribution in [3.63, 3.8) is 0 Å². The molecule has 1 aliphatic rings. The average Bonchev–Trinajstić information content (AvgIpc) is 3.17. The van der Waals surface area contributed by atoms with Gasteiger partial charge in [-0.1, -0.05) is 24.8 Å². The van der Waals surface area contributed by atoms with Gasteiger partial charge < -0.3 is 4.90 Å². The highest BCUT2D eigenvalue weighted by Gasteiger charge is 2.36. The number of amides is 1. The zero-order valence-corrected chi connectivity index (χ0v) is 17.6. The summed E-state index contributed by atoms with van der Waals surface area (Å²) in [6.07, 6.45) is 0.488. The Balaban J connectivity index is 1.64. The van der Waals surface area contributed by atoms with Crippen LogP contribution in [-0.2, 0) is 11.0 Å². The smallest absolute Gasteiger partial charge is 0.332 e. The van der Waals surface area contributed by atoms with Crippen LogP contribution in [0.5, 0.6) is 0 Å². The van der Waals surface area contributed by atoms with Crippen LogP contribution in [0.4, 0.5) is 17.6 Å². The van der Waals surface area contributed by atoms with E-state index in [1.54, 1.807) is 35.4 Å². The number of fused-ring (bicyclic) bond motifs is 1. The Morgan fingerprint density at radius 2 is 1.76 bits per heavy atom. The number of halogens is 4. The molecule has 34 heavy (non-hydrogen) atoms. The molecule has 1 fully saturated rings. The molecule has 1 aliphatic heterocycles. The van der Waals surface area contributed by atoms with E-state index in [0.29, 0.717) is 22.3 Å². The van der Waals surface area contributed by atoms with Crippen molar-refractivity contribution >= 4 is 16.9 Å². The van der Waals surface area contributed by atoms with Gasteiger partial charge in [0.25, 0.3) is 5.91 Å². The first-order chi connectivity index (χ1) is 16.2. The van der Waals surface area contributed by atoms with Crippen LogP contribution in [0.1, 0.15) is 11.6 Å². The average molecular weight is 467 g/mol. The van der Waals surface area contributed by atoms with Gasteiger partial charge in [-0.3, -0.25) is 19.4 Å². The maximum atomic E-state index is 13.3. The molecule has 0 atom stereocenters. The summed E-state index contributed by atoms with van der Waals surface area (Å²) in [5.74, 6) is -1.81. The van der Waals surface area contributed by atoms with E-state index in [1.165, 1.54) is 17.0 Å². The molecule has 0 bridgehead atoms. The summed E-state index contributed by atoms with van der Waals surface area (Å²) in [5.41, 5.74) is 2.86. The largest absolute Gasteiger partial charge is 0.416 e. The lowest BCUT2D eigenvalue weighted by Crippen LogP contribution is -2.51. The number of hydrogen-bond acceptors (Lipinski definition) is 4. The summed E-state index contributed by atoms with van der Waals surface area (Å²) in [7, 11) is 0. The molecular weight excluding hydrogens is 450 g/mol. The molecule has 3 aromatic heterocycles. The van der Waals surface area contributed by atoms with E-state index in [0.717, 1.165) is 23.3 Å². The number of pyridine rings is 2. The van der Waals surface area contributed by atoms with Crippen LogP contribution >= 0.6 is 0 Å². The molecule has 172 valence electrons. The minimum absolute atomic E-state index is 0.215. The molecule has 1 amide bonds. The Bertz CT molecular complexity index is 1390. The number of nitrogens with zero attached hydrogens (tertiary/aromatic N) is 5. The fraction of sp³-hybridized carbons (Fsp3) is 0.167. The number of aromatic nitrogens is 4. The molecule has 6 nitrogen and oxygen atoms in total. The Hall–Kier alpha value is -4.08. The number of carbonyl (C=O) groups is 1. The van der Waals surface area contributed by atoms with Crippen LogP contribution < -0.4 is 0 Å². The van der Waals surface area contributed by atoms with Crippen molar-refractivity contribution in [3.8, 4) is 22.4 Å². The van der Waals surface area contributed by atoms with Gasteiger partial charge in [0.05, 0.1) is 17.1 Å². The number of hydrogen-bond donors (Lipinski definition) is 0. The van der Waals surface area contributed by atoms with Gasteiger partial charge >= 0.3 is 6.18 Å². The van der Waals surface area contributed by atoms with Crippen LogP contribution in [0, 0.1) is 0 Å². The van der Waals surface area contributed by atoms with Gasteiger partial charge in [-0.2, -0.15) is 18.3 Å². The van der Waals surface area contributed by atoms with Crippen molar-refractivity contribution < 1.29 is 22.4 Å². The normalized spacial score (nSPS) is 14.3. The SMILES string of the molecule is C=C(F)C(=O)N1CC(n2nc(-c3ccc(C(F)(F)F)cc3)c3nccc(-c4cccnc4)c32)C1. The van der Waals surface area contributed by atoms with E-state index in [4.69, 9.17) is 5.10 Å². The third-order valence-corrected chi connectivity index (χ3v) is 5.77. The van der Waals surface area contributed by atoms with Crippen LogP contribution in [0.15, 0.2) is 73.5 Å². The van der Waals surface area contributed by atoms with Gasteiger partial charge in [0.15, 0.2) is 5.83 Å². The highest BCUT2D eigenvalue weighted by molar-refractivity contribution is 5.99. The quantitative estimate of drug-likeness (QED) is 0.312. The van der Waals surface area contributed by atoms with Crippen LogP contribution in [0.25, 0.3) is 33.4 Å². The summed E-state index contributed by atoms with van der Waals surface area (Å²) in [5, 5.41) is 4.70. The minimum atomic E-state index is -4.45. The number of rotatable bonds is 4. The molecule has 0 saturated carbocycles. The van der Waals surface area contributed by atoms with Gasteiger partial charge in [0.1, 0.15) is 11.2 Å². The van der Waals surface area contributed by atoms with Crippen molar-refractivity contribution in [1.82, 2.24) is 24.6 Å². The molecule has 0 unspecified atom stereocenters. The molecule has 5 rings (SSSR count). The Morgan fingerprint density at radius 3 is 2.38 bits per heavy atom.